The van der Waals surface area contributed by atoms with Gasteiger partial charge in [-0.15, -0.1) is 0 Å². The number of hydrogen-bond donors (Lipinski definition) is 0. The highest BCUT2D eigenvalue weighted by Crippen LogP contribution is 2.21. The van der Waals surface area contributed by atoms with E-state index in [2.05, 4.69) is 18.2 Å². The zero-order valence-electron chi connectivity index (χ0n) is 10.8. The lowest BCUT2D eigenvalue weighted by Crippen LogP contribution is -2.11. The molecule has 1 aliphatic rings. The van der Waals surface area contributed by atoms with E-state index in [-0.39, 0.29) is 5.78 Å². The highest BCUT2D eigenvalue weighted by Gasteiger charge is 2.14. The van der Waals surface area contributed by atoms with Crippen LogP contribution in [0.3, 0.4) is 0 Å². The van der Waals surface area contributed by atoms with Crippen molar-refractivity contribution in [3.63, 3.8) is 0 Å². The van der Waals surface area contributed by atoms with Gasteiger partial charge in [-0.05, 0) is 29.2 Å². The van der Waals surface area contributed by atoms with Crippen LogP contribution < -0.4 is 0 Å². The van der Waals surface area contributed by atoms with Crippen LogP contribution in [-0.2, 0) is 16.0 Å². The Kier molecular flexibility index (Phi) is 3.32. The summed E-state index contributed by atoms with van der Waals surface area (Å²) in [4.78, 5) is 12.3. The third-order valence-corrected chi connectivity index (χ3v) is 3.52. The van der Waals surface area contributed by atoms with Crippen molar-refractivity contribution in [1.29, 1.82) is 0 Å². The molecule has 0 fully saturated rings. The zero-order chi connectivity index (χ0) is 13.1. The van der Waals surface area contributed by atoms with Crippen LogP contribution in [0.2, 0.25) is 0 Å². The van der Waals surface area contributed by atoms with Crippen molar-refractivity contribution >= 4 is 16.6 Å². The lowest BCUT2D eigenvalue weighted by Gasteiger charge is -2.13. The van der Waals surface area contributed by atoms with Gasteiger partial charge in [0.25, 0.3) is 0 Å². The lowest BCUT2D eigenvalue weighted by molar-refractivity contribution is -0.115. The van der Waals surface area contributed by atoms with Crippen LogP contribution in [0.1, 0.15) is 18.4 Å². The largest absolute Gasteiger partial charge is 0.501 e. The van der Waals surface area contributed by atoms with Gasteiger partial charge in [-0.3, -0.25) is 4.79 Å². The summed E-state index contributed by atoms with van der Waals surface area (Å²) in [5.41, 5.74) is 1.91. The minimum atomic E-state index is 0.177. The first-order chi connectivity index (χ1) is 9.34. The first-order valence-electron chi connectivity index (χ1n) is 6.65. The molecule has 0 aliphatic carbocycles. The summed E-state index contributed by atoms with van der Waals surface area (Å²) < 4.78 is 5.25. The molecule has 0 saturated carbocycles. The molecule has 1 aliphatic heterocycles. The number of hydrogen-bond acceptors (Lipinski definition) is 2. The van der Waals surface area contributed by atoms with E-state index in [0.29, 0.717) is 6.42 Å². The van der Waals surface area contributed by atoms with Crippen molar-refractivity contribution in [1.82, 2.24) is 0 Å². The smallest absolute Gasteiger partial charge is 0.166 e. The molecular weight excluding hydrogens is 236 g/mol. The van der Waals surface area contributed by atoms with Gasteiger partial charge in [0.1, 0.15) is 0 Å². The number of ketones is 1. The molecule has 0 amide bonds. The number of carbonyl (C=O) groups excluding carboxylic acids is 1. The van der Waals surface area contributed by atoms with Crippen molar-refractivity contribution < 1.29 is 9.53 Å². The fraction of sp³-hybridized carbons (Fsp3) is 0.235. The Morgan fingerprint density at radius 2 is 1.95 bits per heavy atom. The molecule has 0 aromatic heterocycles. The van der Waals surface area contributed by atoms with E-state index >= 15 is 0 Å². The summed E-state index contributed by atoms with van der Waals surface area (Å²) in [6.45, 7) is 0.727. The molecule has 0 N–H and O–H groups in total. The van der Waals surface area contributed by atoms with Gasteiger partial charge < -0.3 is 4.74 Å². The molecule has 0 atom stereocenters. The van der Waals surface area contributed by atoms with Gasteiger partial charge in [0.2, 0.25) is 0 Å². The second kappa shape index (κ2) is 5.27. The van der Waals surface area contributed by atoms with E-state index in [1.54, 1.807) is 6.26 Å². The van der Waals surface area contributed by atoms with Crippen LogP contribution in [0.25, 0.3) is 10.8 Å². The summed E-state index contributed by atoms with van der Waals surface area (Å²) in [6.07, 6.45) is 3.87. The number of allylic oxidation sites excluding steroid dienone is 1. The monoisotopic (exact) mass is 252 g/mol. The van der Waals surface area contributed by atoms with Crippen molar-refractivity contribution in [3.05, 3.63) is 59.9 Å². The fourth-order valence-corrected chi connectivity index (χ4v) is 2.50. The van der Waals surface area contributed by atoms with Crippen LogP contribution in [0, 0.1) is 0 Å². The third-order valence-electron chi connectivity index (χ3n) is 3.52. The van der Waals surface area contributed by atoms with Gasteiger partial charge in [-0.2, -0.15) is 0 Å². The molecule has 1 heterocycles. The van der Waals surface area contributed by atoms with Crippen molar-refractivity contribution in [2.24, 2.45) is 0 Å². The highest BCUT2D eigenvalue weighted by molar-refractivity contribution is 5.99. The van der Waals surface area contributed by atoms with Crippen molar-refractivity contribution in [3.8, 4) is 0 Å². The van der Waals surface area contributed by atoms with Crippen LogP contribution >= 0.6 is 0 Å². The molecule has 0 unspecified atom stereocenters. The molecule has 0 spiro atoms. The summed E-state index contributed by atoms with van der Waals surface area (Å²) in [6, 6.07) is 14.3. The lowest BCUT2D eigenvalue weighted by atomic mass is 9.96. The molecule has 0 bridgehead atoms. The van der Waals surface area contributed by atoms with E-state index in [4.69, 9.17) is 4.74 Å². The molecule has 0 radical (unpaired) electrons. The molecule has 0 saturated heterocycles. The molecule has 19 heavy (non-hydrogen) atoms. The average Bonchev–Trinajstić information content (AvgIpc) is 2.48. The maximum absolute atomic E-state index is 12.3. The number of fused-ring (bicyclic) bond motifs is 1. The third kappa shape index (κ3) is 2.53. The number of benzene rings is 2. The van der Waals surface area contributed by atoms with Crippen LogP contribution in [0.5, 0.6) is 0 Å². The van der Waals surface area contributed by atoms with Crippen LogP contribution in [0.4, 0.5) is 0 Å². The van der Waals surface area contributed by atoms with E-state index in [1.807, 2.05) is 24.3 Å². The van der Waals surface area contributed by atoms with Gasteiger partial charge in [-0.1, -0.05) is 42.5 Å². The van der Waals surface area contributed by atoms with E-state index in [0.717, 1.165) is 36.0 Å². The quantitative estimate of drug-likeness (QED) is 0.833. The topological polar surface area (TPSA) is 26.3 Å². The SMILES string of the molecule is O=C(Cc1cccc2ccccc12)C1=COCCC1. The molecule has 2 nitrogen and oxygen atoms in total. The van der Waals surface area contributed by atoms with Crippen LogP contribution in [0.15, 0.2) is 54.3 Å². The Labute approximate surface area is 112 Å². The first kappa shape index (κ1) is 12.0. The normalized spacial score (nSPS) is 14.8. The van der Waals surface area contributed by atoms with Crippen molar-refractivity contribution in [2.45, 2.75) is 19.3 Å². The van der Waals surface area contributed by atoms with E-state index < -0.39 is 0 Å². The molecule has 3 rings (SSSR count). The molecule has 2 heteroatoms. The van der Waals surface area contributed by atoms with Gasteiger partial charge in [0.05, 0.1) is 12.9 Å². The Balaban J connectivity index is 1.89. The predicted molar refractivity (Wildman–Crippen MR) is 75.9 cm³/mol. The summed E-state index contributed by atoms with van der Waals surface area (Å²) in [5, 5.41) is 2.34. The van der Waals surface area contributed by atoms with Crippen molar-refractivity contribution in [2.75, 3.05) is 6.61 Å². The summed E-state index contributed by atoms with van der Waals surface area (Å²) in [5.74, 6) is 0.177. The second-order valence-electron chi connectivity index (χ2n) is 4.86. The molecule has 96 valence electrons. The zero-order valence-corrected chi connectivity index (χ0v) is 10.8. The predicted octanol–water partition coefficient (Wildman–Crippen LogP) is 3.65. The number of carbonyl (C=O) groups is 1. The van der Waals surface area contributed by atoms with E-state index in [9.17, 15) is 4.79 Å². The van der Waals surface area contributed by atoms with E-state index in [1.165, 1.54) is 5.39 Å². The number of Topliss-reactive ketones (excluding diaryl/α,β-unsaturated/α-hetero) is 1. The van der Waals surface area contributed by atoms with Gasteiger partial charge >= 0.3 is 0 Å². The Bertz CT molecular complexity index is 635. The average molecular weight is 252 g/mol. The maximum atomic E-state index is 12.3. The standard InChI is InChI=1S/C17H16O2/c18-17(15-8-4-10-19-12-15)11-14-7-3-6-13-5-1-2-9-16(13)14/h1-3,5-7,9,12H,4,8,10-11H2. The minimum absolute atomic E-state index is 0.177. The Hall–Kier alpha value is -2.09. The maximum Gasteiger partial charge on any atom is 0.166 e. The van der Waals surface area contributed by atoms with Gasteiger partial charge in [-0.25, -0.2) is 0 Å². The number of ether oxygens (including phenoxy) is 1. The van der Waals surface area contributed by atoms with Gasteiger partial charge in [0.15, 0.2) is 5.78 Å². The molecular formula is C17H16O2. The Morgan fingerprint density at radius 3 is 2.79 bits per heavy atom. The second-order valence-corrected chi connectivity index (χ2v) is 4.86. The van der Waals surface area contributed by atoms with Gasteiger partial charge in [0, 0.05) is 12.0 Å². The Morgan fingerprint density at radius 1 is 1.11 bits per heavy atom. The minimum Gasteiger partial charge on any atom is -0.501 e. The highest BCUT2D eigenvalue weighted by atomic mass is 16.5. The first-order valence-corrected chi connectivity index (χ1v) is 6.65. The van der Waals surface area contributed by atoms with Crippen LogP contribution in [-0.4, -0.2) is 12.4 Å². The fourth-order valence-electron chi connectivity index (χ4n) is 2.50. The summed E-state index contributed by atoms with van der Waals surface area (Å²) >= 11 is 0. The summed E-state index contributed by atoms with van der Waals surface area (Å²) in [7, 11) is 0. The molecule has 2 aromatic carbocycles. The number of rotatable bonds is 3. The molecule has 2 aromatic rings.